The first-order valence-corrected chi connectivity index (χ1v) is 3.40. The van der Waals surface area contributed by atoms with Crippen LogP contribution in [0.1, 0.15) is 11.1 Å². The molecule has 0 amide bonds. The van der Waals surface area contributed by atoms with Crippen molar-refractivity contribution in [2.45, 2.75) is 12.5 Å². The van der Waals surface area contributed by atoms with Gasteiger partial charge in [-0.15, -0.1) is 0 Å². The van der Waals surface area contributed by atoms with E-state index in [4.69, 9.17) is 0 Å². The number of nitrogens with one attached hydrogen (secondary N) is 1. The molecule has 0 atom stereocenters. The van der Waals surface area contributed by atoms with Gasteiger partial charge in [0.2, 0.25) is 0 Å². The largest absolute Gasteiger partial charge is 0.350 e. The topological polar surface area (TPSA) is 52.5 Å². The second kappa shape index (κ2) is 2.04. The second-order valence-corrected chi connectivity index (χ2v) is 2.60. The molecule has 1 aromatic rings. The molecule has 0 unspecified atom stereocenters. The van der Waals surface area contributed by atoms with Crippen molar-refractivity contribution in [3.8, 4) is 0 Å². The van der Waals surface area contributed by atoms with Gasteiger partial charge in [-0.3, -0.25) is 5.32 Å². The first kappa shape index (κ1) is 6.79. The molecule has 11 heavy (non-hydrogen) atoms. The van der Waals surface area contributed by atoms with Crippen molar-refractivity contribution in [3.05, 3.63) is 35.4 Å². The van der Waals surface area contributed by atoms with Gasteiger partial charge in [-0.05, 0) is 11.6 Å². The zero-order valence-corrected chi connectivity index (χ0v) is 5.83. The van der Waals surface area contributed by atoms with Crippen molar-refractivity contribution in [2.24, 2.45) is 0 Å². The van der Waals surface area contributed by atoms with Gasteiger partial charge in [0, 0.05) is 12.1 Å². The molecule has 0 fully saturated rings. The smallest absolute Gasteiger partial charge is 0.251 e. The molecule has 2 rings (SSSR count). The molecular formula is C8H8NO2. The molecule has 57 valence electrons. The molecule has 0 saturated carbocycles. The Morgan fingerprint density at radius 1 is 1.55 bits per heavy atom. The second-order valence-electron chi connectivity index (χ2n) is 2.60. The lowest BCUT2D eigenvalue weighted by Gasteiger charge is -2.14. The predicted octanol–water partition coefficient (Wildman–Crippen LogP) is -0.315. The molecule has 1 heterocycles. The van der Waals surface area contributed by atoms with E-state index in [0.29, 0.717) is 12.1 Å². The Bertz CT molecular complexity index is 283. The summed E-state index contributed by atoms with van der Waals surface area (Å²) in [5, 5.41) is 21.1. The fourth-order valence-electron chi connectivity index (χ4n) is 1.25. The SMILES string of the molecule is OC1(O)NCc2ccc[c]c21. The van der Waals surface area contributed by atoms with Crippen LogP contribution in [-0.2, 0) is 12.5 Å². The standard InChI is InChI=1S/C8H8NO2/c10-8(11)7-4-2-1-3-6(7)5-9-8/h1-3,9-11H,5H2. The Morgan fingerprint density at radius 2 is 2.36 bits per heavy atom. The van der Waals surface area contributed by atoms with Crippen molar-refractivity contribution in [1.29, 1.82) is 0 Å². The summed E-state index contributed by atoms with van der Waals surface area (Å²) in [5.41, 5.74) is 1.32. The first-order chi connectivity index (χ1) is 5.20. The zero-order valence-electron chi connectivity index (χ0n) is 5.83. The molecule has 0 saturated heterocycles. The van der Waals surface area contributed by atoms with Crippen LogP contribution in [0.5, 0.6) is 0 Å². The Hall–Kier alpha value is -0.900. The molecule has 1 radical (unpaired) electrons. The van der Waals surface area contributed by atoms with Crippen molar-refractivity contribution in [1.82, 2.24) is 5.32 Å². The van der Waals surface area contributed by atoms with Gasteiger partial charge in [0.1, 0.15) is 0 Å². The molecule has 3 N–H and O–H groups in total. The Kier molecular flexibility index (Phi) is 1.26. The Labute approximate surface area is 64.3 Å². The highest BCUT2D eigenvalue weighted by Gasteiger charge is 2.33. The van der Waals surface area contributed by atoms with Gasteiger partial charge < -0.3 is 10.2 Å². The lowest BCUT2D eigenvalue weighted by atomic mass is 10.1. The Morgan fingerprint density at radius 3 is 3.09 bits per heavy atom. The number of hydrogen-bond donors (Lipinski definition) is 3. The summed E-state index contributed by atoms with van der Waals surface area (Å²) in [5.74, 6) is -1.88. The maximum absolute atomic E-state index is 9.26. The highest BCUT2D eigenvalue weighted by molar-refractivity contribution is 5.32. The predicted molar refractivity (Wildman–Crippen MR) is 38.2 cm³/mol. The van der Waals surface area contributed by atoms with Crippen LogP contribution in [0.4, 0.5) is 0 Å². The molecule has 3 heteroatoms. The van der Waals surface area contributed by atoms with Crippen LogP contribution in [0.2, 0.25) is 0 Å². The highest BCUT2D eigenvalue weighted by atomic mass is 16.5. The molecule has 1 aromatic carbocycles. The van der Waals surface area contributed by atoms with Gasteiger partial charge in [0.15, 0.2) is 0 Å². The number of aliphatic hydroxyl groups is 2. The normalized spacial score (nSPS) is 19.8. The van der Waals surface area contributed by atoms with Crippen molar-refractivity contribution in [2.75, 3.05) is 0 Å². The minimum atomic E-state index is -1.88. The lowest BCUT2D eigenvalue weighted by Crippen LogP contribution is -2.35. The molecule has 1 aliphatic rings. The summed E-state index contributed by atoms with van der Waals surface area (Å²) in [6.07, 6.45) is 0. The molecule has 0 aromatic heterocycles. The minimum absolute atomic E-state index is 0.431. The van der Waals surface area contributed by atoms with Gasteiger partial charge >= 0.3 is 0 Å². The van der Waals surface area contributed by atoms with Crippen LogP contribution in [0.25, 0.3) is 0 Å². The summed E-state index contributed by atoms with van der Waals surface area (Å²) in [7, 11) is 0. The van der Waals surface area contributed by atoms with Crippen LogP contribution in [0.15, 0.2) is 18.2 Å². The van der Waals surface area contributed by atoms with Crippen LogP contribution in [-0.4, -0.2) is 10.2 Å². The number of rotatable bonds is 0. The number of benzene rings is 1. The average molecular weight is 150 g/mol. The number of fused-ring (bicyclic) bond motifs is 1. The Balaban J connectivity index is 2.56. The summed E-state index contributed by atoms with van der Waals surface area (Å²) in [4.78, 5) is 0. The van der Waals surface area contributed by atoms with E-state index in [-0.39, 0.29) is 0 Å². The fraction of sp³-hybridized carbons (Fsp3) is 0.250. The molecule has 0 aliphatic carbocycles. The van der Waals surface area contributed by atoms with Gasteiger partial charge in [0.05, 0.1) is 0 Å². The van der Waals surface area contributed by atoms with Crippen LogP contribution < -0.4 is 5.32 Å². The van der Waals surface area contributed by atoms with E-state index in [9.17, 15) is 10.2 Å². The summed E-state index contributed by atoms with van der Waals surface area (Å²) >= 11 is 0. The first-order valence-electron chi connectivity index (χ1n) is 3.40. The van der Waals surface area contributed by atoms with E-state index in [0.717, 1.165) is 5.56 Å². The van der Waals surface area contributed by atoms with Crippen molar-refractivity contribution >= 4 is 0 Å². The zero-order chi connectivity index (χ0) is 7.90. The van der Waals surface area contributed by atoms with E-state index in [1.54, 1.807) is 6.07 Å². The molecule has 0 bridgehead atoms. The molecule has 0 spiro atoms. The van der Waals surface area contributed by atoms with E-state index >= 15 is 0 Å². The van der Waals surface area contributed by atoms with Gasteiger partial charge in [-0.1, -0.05) is 18.2 Å². The lowest BCUT2D eigenvalue weighted by molar-refractivity contribution is -0.188. The average Bonchev–Trinajstić information content (AvgIpc) is 2.29. The van der Waals surface area contributed by atoms with E-state index < -0.39 is 5.91 Å². The van der Waals surface area contributed by atoms with Crippen LogP contribution in [0.3, 0.4) is 0 Å². The maximum Gasteiger partial charge on any atom is 0.251 e. The molecule has 3 nitrogen and oxygen atoms in total. The summed E-state index contributed by atoms with van der Waals surface area (Å²) in [6.45, 7) is 0.486. The van der Waals surface area contributed by atoms with Gasteiger partial charge in [-0.25, -0.2) is 0 Å². The third kappa shape index (κ3) is 0.939. The minimum Gasteiger partial charge on any atom is -0.350 e. The van der Waals surface area contributed by atoms with Crippen LogP contribution in [0, 0.1) is 6.07 Å². The highest BCUT2D eigenvalue weighted by Crippen LogP contribution is 2.25. The monoisotopic (exact) mass is 150 g/mol. The third-order valence-electron chi connectivity index (χ3n) is 1.82. The molecular weight excluding hydrogens is 142 g/mol. The quantitative estimate of drug-likeness (QED) is 0.444. The van der Waals surface area contributed by atoms with Crippen molar-refractivity contribution < 1.29 is 10.2 Å². The van der Waals surface area contributed by atoms with Crippen LogP contribution >= 0.6 is 0 Å². The van der Waals surface area contributed by atoms with E-state index in [1.165, 1.54) is 0 Å². The van der Waals surface area contributed by atoms with Gasteiger partial charge in [-0.2, -0.15) is 0 Å². The maximum atomic E-state index is 9.26. The van der Waals surface area contributed by atoms with Gasteiger partial charge in [0.25, 0.3) is 5.91 Å². The fourth-order valence-corrected chi connectivity index (χ4v) is 1.25. The van der Waals surface area contributed by atoms with E-state index in [1.807, 2.05) is 12.1 Å². The third-order valence-corrected chi connectivity index (χ3v) is 1.82. The molecule has 1 aliphatic heterocycles. The summed E-state index contributed by atoms with van der Waals surface area (Å²) < 4.78 is 0. The summed E-state index contributed by atoms with van der Waals surface area (Å²) in [6, 6.07) is 8.10. The number of hydrogen-bond acceptors (Lipinski definition) is 3. The van der Waals surface area contributed by atoms with Crippen molar-refractivity contribution in [3.63, 3.8) is 0 Å². The van der Waals surface area contributed by atoms with E-state index in [2.05, 4.69) is 11.4 Å².